The van der Waals surface area contributed by atoms with E-state index in [0.29, 0.717) is 0 Å². The van der Waals surface area contributed by atoms with Crippen molar-refractivity contribution >= 4 is 15.9 Å². The molecule has 0 aliphatic carbocycles. The Morgan fingerprint density at radius 2 is 2.15 bits per heavy atom. The Morgan fingerprint density at radius 1 is 1.38 bits per heavy atom. The van der Waals surface area contributed by atoms with Gasteiger partial charge < -0.3 is 5.32 Å². The van der Waals surface area contributed by atoms with E-state index in [1.165, 1.54) is 22.0 Å². The van der Waals surface area contributed by atoms with E-state index in [4.69, 9.17) is 0 Å². The third-order valence-electron chi connectivity index (χ3n) is 2.13. The fraction of sp³-hybridized carbons (Fsp3) is 0.455. The van der Waals surface area contributed by atoms with Crippen molar-refractivity contribution in [3.05, 3.63) is 33.8 Å². The molecule has 0 aliphatic heterocycles. The van der Waals surface area contributed by atoms with Crippen LogP contribution in [-0.4, -0.2) is 13.6 Å². The minimum atomic E-state index is 1.09. The van der Waals surface area contributed by atoms with Gasteiger partial charge in [0.1, 0.15) is 0 Å². The molecule has 0 unspecified atom stereocenters. The van der Waals surface area contributed by atoms with Gasteiger partial charge in [0.2, 0.25) is 0 Å². The molecule has 0 heterocycles. The summed E-state index contributed by atoms with van der Waals surface area (Å²) in [5, 5.41) is 3.15. The molecule has 1 N–H and O–H groups in total. The normalized spacial score (nSPS) is 10.4. The number of halogens is 1. The van der Waals surface area contributed by atoms with E-state index in [0.717, 1.165) is 13.0 Å². The van der Waals surface area contributed by atoms with Gasteiger partial charge in [-0.2, -0.15) is 0 Å². The Morgan fingerprint density at radius 3 is 2.77 bits per heavy atom. The van der Waals surface area contributed by atoms with Crippen molar-refractivity contribution in [2.24, 2.45) is 0 Å². The van der Waals surface area contributed by atoms with E-state index >= 15 is 0 Å². The van der Waals surface area contributed by atoms with Crippen LogP contribution < -0.4 is 5.32 Å². The zero-order chi connectivity index (χ0) is 9.68. The monoisotopic (exact) mass is 241 g/mol. The molecule has 0 radical (unpaired) electrons. The van der Waals surface area contributed by atoms with E-state index in [1.54, 1.807) is 0 Å². The number of hydrogen-bond acceptors (Lipinski definition) is 1. The van der Waals surface area contributed by atoms with E-state index in [-0.39, 0.29) is 0 Å². The molecule has 2 heteroatoms. The molecule has 0 bridgehead atoms. The lowest BCUT2D eigenvalue weighted by Gasteiger charge is -2.03. The molecule has 0 spiro atoms. The molecule has 0 aliphatic rings. The maximum absolute atomic E-state index is 3.54. The van der Waals surface area contributed by atoms with Crippen LogP contribution in [0.2, 0.25) is 0 Å². The van der Waals surface area contributed by atoms with E-state index in [2.05, 4.69) is 46.4 Å². The van der Waals surface area contributed by atoms with Gasteiger partial charge >= 0.3 is 0 Å². The minimum absolute atomic E-state index is 1.09. The summed E-state index contributed by atoms with van der Waals surface area (Å²) in [6, 6.07) is 6.58. The number of nitrogens with one attached hydrogen (secondary N) is 1. The quantitative estimate of drug-likeness (QED) is 0.800. The maximum atomic E-state index is 3.54. The van der Waals surface area contributed by atoms with Crippen LogP contribution in [0.25, 0.3) is 0 Å². The molecule has 0 saturated carbocycles. The van der Waals surface area contributed by atoms with Gasteiger partial charge in [-0.3, -0.25) is 0 Å². The Hall–Kier alpha value is -0.340. The summed E-state index contributed by atoms with van der Waals surface area (Å²) in [6.07, 6.45) is 2.35. The molecule has 1 aromatic rings. The van der Waals surface area contributed by atoms with Crippen molar-refractivity contribution in [2.45, 2.75) is 19.8 Å². The molecular weight excluding hydrogens is 226 g/mol. The van der Waals surface area contributed by atoms with Gasteiger partial charge in [0.05, 0.1) is 0 Å². The van der Waals surface area contributed by atoms with E-state index in [9.17, 15) is 0 Å². The van der Waals surface area contributed by atoms with Crippen LogP contribution in [0.4, 0.5) is 0 Å². The van der Waals surface area contributed by atoms with Crippen molar-refractivity contribution in [1.29, 1.82) is 0 Å². The molecule has 0 aromatic heterocycles. The Labute approximate surface area is 88.7 Å². The number of rotatable bonds is 4. The first-order valence-electron chi connectivity index (χ1n) is 4.63. The molecule has 0 fully saturated rings. The van der Waals surface area contributed by atoms with Crippen molar-refractivity contribution < 1.29 is 0 Å². The van der Waals surface area contributed by atoms with Crippen molar-refractivity contribution in [2.75, 3.05) is 13.6 Å². The van der Waals surface area contributed by atoms with Gasteiger partial charge in [-0.05, 0) is 50.6 Å². The fourth-order valence-corrected chi connectivity index (χ4v) is 1.69. The third kappa shape index (κ3) is 3.49. The largest absolute Gasteiger partial charge is 0.320 e. The van der Waals surface area contributed by atoms with Gasteiger partial charge in [-0.15, -0.1) is 0 Å². The highest BCUT2D eigenvalue weighted by molar-refractivity contribution is 9.10. The number of benzene rings is 1. The SMILES string of the molecule is CNCCCc1ccc(C)c(Br)c1. The van der Waals surface area contributed by atoms with Gasteiger partial charge in [0, 0.05) is 4.47 Å². The van der Waals surface area contributed by atoms with Gasteiger partial charge in [0.15, 0.2) is 0 Å². The minimum Gasteiger partial charge on any atom is -0.320 e. The summed E-state index contributed by atoms with van der Waals surface area (Å²) in [7, 11) is 1.99. The van der Waals surface area contributed by atoms with Gasteiger partial charge in [0.25, 0.3) is 0 Å². The first kappa shape index (κ1) is 10.7. The van der Waals surface area contributed by atoms with Crippen LogP contribution in [0.1, 0.15) is 17.5 Å². The zero-order valence-electron chi connectivity index (χ0n) is 8.23. The van der Waals surface area contributed by atoms with E-state index in [1.807, 2.05) is 7.05 Å². The second-order valence-corrected chi connectivity index (χ2v) is 4.14. The van der Waals surface area contributed by atoms with Crippen molar-refractivity contribution in [1.82, 2.24) is 5.32 Å². The summed E-state index contributed by atoms with van der Waals surface area (Å²) >= 11 is 3.54. The maximum Gasteiger partial charge on any atom is 0.0207 e. The Bertz CT molecular complexity index is 271. The van der Waals surface area contributed by atoms with Crippen LogP contribution >= 0.6 is 15.9 Å². The topological polar surface area (TPSA) is 12.0 Å². The molecule has 1 aromatic carbocycles. The summed E-state index contributed by atoms with van der Waals surface area (Å²) < 4.78 is 1.22. The lowest BCUT2D eigenvalue weighted by Crippen LogP contribution is -2.08. The predicted molar refractivity (Wildman–Crippen MR) is 61.1 cm³/mol. The van der Waals surface area contributed by atoms with Crippen LogP contribution in [0.5, 0.6) is 0 Å². The lowest BCUT2D eigenvalue weighted by molar-refractivity contribution is 0.724. The predicted octanol–water partition coefficient (Wildman–Crippen LogP) is 2.91. The smallest absolute Gasteiger partial charge is 0.0207 e. The average molecular weight is 242 g/mol. The van der Waals surface area contributed by atoms with Crippen LogP contribution in [0.15, 0.2) is 22.7 Å². The molecule has 0 saturated heterocycles. The third-order valence-corrected chi connectivity index (χ3v) is 2.98. The first-order valence-corrected chi connectivity index (χ1v) is 5.43. The first-order chi connectivity index (χ1) is 6.24. The Balaban J connectivity index is 2.53. The summed E-state index contributed by atoms with van der Waals surface area (Å²) in [5.41, 5.74) is 2.71. The summed E-state index contributed by atoms with van der Waals surface area (Å²) in [4.78, 5) is 0. The molecule has 13 heavy (non-hydrogen) atoms. The highest BCUT2D eigenvalue weighted by atomic mass is 79.9. The van der Waals surface area contributed by atoms with E-state index < -0.39 is 0 Å². The molecule has 72 valence electrons. The number of hydrogen-bond donors (Lipinski definition) is 1. The fourth-order valence-electron chi connectivity index (χ4n) is 1.26. The van der Waals surface area contributed by atoms with Crippen LogP contribution in [0.3, 0.4) is 0 Å². The van der Waals surface area contributed by atoms with Crippen LogP contribution in [-0.2, 0) is 6.42 Å². The van der Waals surface area contributed by atoms with Crippen molar-refractivity contribution in [3.8, 4) is 0 Å². The van der Waals surface area contributed by atoms with Gasteiger partial charge in [-0.1, -0.05) is 28.1 Å². The van der Waals surface area contributed by atoms with Crippen LogP contribution in [0, 0.1) is 6.92 Å². The number of aryl methyl sites for hydroxylation is 2. The summed E-state index contributed by atoms with van der Waals surface area (Å²) in [6.45, 7) is 3.20. The molecule has 0 atom stereocenters. The second kappa shape index (κ2) is 5.40. The van der Waals surface area contributed by atoms with Gasteiger partial charge in [-0.25, -0.2) is 0 Å². The molecule has 1 nitrogen and oxygen atoms in total. The molecule has 0 amide bonds. The molecule has 1 rings (SSSR count). The lowest BCUT2D eigenvalue weighted by atomic mass is 10.1. The standard InChI is InChI=1S/C11H16BrN/c1-9-5-6-10(8-11(9)12)4-3-7-13-2/h5-6,8,13H,3-4,7H2,1-2H3. The average Bonchev–Trinajstić information content (AvgIpc) is 2.12. The zero-order valence-corrected chi connectivity index (χ0v) is 9.82. The van der Waals surface area contributed by atoms with Crippen molar-refractivity contribution in [3.63, 3.8) is 0 Å². The second-order valence-electron chi connectivity index (χ2n) is 3.29. The highest BCUT2D eigenvalue weighted by Gasteiger charge is 1.96. The Kier molecular flexibility index (Phi) is 4.46. The highest BCUT2D eigenvalue weighted by Crippen LogP contribution is 2.18. The molecular formula is C11H16BrN. The summed E-state index contributed by atoms with van der Waals surface area (Å²) in [5.74, 6) is 0.